The van der Waals surface area contributed by atoms with Crippen LogP contribution in [0.2, 0.25) is 0 Å². The quantitative estimate of drug-likeness (QED) is 0.721. The van der Waals surface area contributed by atoms with Crippen LogP contribution in [0.15, 0.2) is 18.3 Å². The molecule has 150 valence electrons. The van der Waals surface area contributed by atoms with Gasteiger partial charge in [-0.1, -0.05) is 0 Å². The van der Waals surface area contributed by atoms with E-state index in [9.17, 15) is 14.7 Å². The first-order valence-corrected chi connectivity index (χ1v) is 9.36. The van der Waals surface area contributed by atoms with Crippen molar-refractivity contribution in [2.45, 2.75) is 50.3 Å². The minimum atomic E-state index is -0.898. The van der Waals surface area contributed by atoms with Crippen molar-refractivity contribution in [1.29, 1.82) is 0 Å². The predicted molar refractivity (Wildman–Crippen MR) is 99.0 cm³/mol. The Balaban J connectivity index is 1.41. The molecule has 1 saturated heterocycles. The summed E-state index contributed by atoms with van der Waals surface area (Å²) < 4.78 is 7.33. The Bertz CT molecular complexity index is 886. The second-order valence-electron chi connectivity index (χ2n) is 7.72. The van der Waals surface area contributed by atoms with E-state index in [1.165, 1.54) is 4.68 Å². The molecule has 3 heterocycles. The van der Waals surface area contributed by atoms with Crippen LogP contribution in [0.1, 0.15) is 54.9 Å². The smallest absolute Gasteiger partial charge is 0.408 e. The number of H-pyrrole nitrogens is 1. The fourth-order valence-corrected chi connectivity index (χ4v) is 4.11. The van der Waals surface area contributed by atoms with Crippen molar-refractivity contribution in [3.63, 3.8) is 0 Å². The van der Waals surface area contributed by atoms with E-state index < -0.39 is 6.09 Å². The molecule has 2 amide bonds. The number of aromatic nitrogens is 4. The van der Waals surface area contributed by atoms with Gasteiger partial charge in [0.2, 0.25) is 0 Å². The molecule has 0 radical (unpaired) electrons. The number of aryl methyl sites for hydroxylation is 1. The van der Waals surface area contributed by atoms with Gasteiger partial charge in [-0.3, -0.25) is 19.5 Å². The lowest BCUT2D eigenvalue weighted by Crippen LogP contribution is -2.58. The number of carbonyl (C=O) groups excluding carboxylic acids is 1. The molecule has 4 rings (SSSR count). The fraction of sp³-hybridized carbons (Fsp3) is 0.556. The van der Waals surface area contributed by atoms with Gasteiger partial charge >= 0.3 is 6.09 Å². The normalized spacial score (nSPS) is 23.2. The maximum absolute atomic E-state index is 12.3. The largest absolute Gasteiger partial charge is 0.465 e. The summed E-state index contributed by atoms with van der Waals surface area (Å²) in [5, 5.41) is 23.4. The van der Waals surface area contributed by atoms with Gasteiger partial charge in [0.05, 0.1) is 18.3 Å². The molecule has 2 atom stereocenters. The molecule has 0 unspecified atom stereocenters. The molecule has 10 heteroatoms. The second kappa shape index (κ2) is 6.93. The molecule has 2 fully saturated rings. The Morgan fingerprint density at radius 1 is 1.46 bits per heavy atom. The minimum absolute atomic E-state index is 0.191. The first kappa shape index (κ1) is 18.5. The molecule has 0 spiro atoms. The van der Waals surface area contributed by atoms with Crippen LogP contribution in [-0.4, -0.2) is 60.2 Å². The van der Waals surface area contributed by atoms with Crippen molar-refractivity contribution in [3.8, 4) is 0 Å². The van der Waals surface area contributed by atoms with E-state index in [2.05, 4.69) is 20.6 Å². The summed E-state index contributed by atoms with van der Waals surface area (Å²) in [6.45, 7) is 2.35. The summed E-state index contributed by atoms with van der Waals surface area (Å²) in [5.41, 5.74) is 0.838. The summed E-state index contributed by atoms with van der Waals surface area (Å²) in [5.74, 6) is 0.0764. The van der Waals surface area contributed by atoms with Crippen LogP contribution in [0, 0.1) is 0 Å². The summed E-state index contributed by atoms with van der Waals surface area (Å²) in [4.78, 5) is 25.7. The van der Waals surface area contributed by atoms with Gasteiger partial charge in [-0.25, -0.2) is 4.79 Å². The van der Waals surface area contributed by atoms with E-state index in [0.717, 1.165) is 19.3 Å². The standard InChI is InChI=1S/C18H24N6O4/c1-18(5-3-6-18)24(17(26)27)11-8-14(28-10-11)12-9-15(22-21-12)20-16(25)13-4-7-19-23(13)2/h4,7,9,11,14H,3,5-6,8,10H2,1-2H3,(H,26,27)(H2,20,21,22,25)/t11-,14-/m0/s1. The predicted octanol–water partition coefficient (Wildman–Crippen LogP) is 2.15. The topological polar surface area (TPSA) is 125 Å². The van der Waals surface area contributed by atoms with Crippen LogP contribution in [0.25, 0.3) is 0 Å². The summed E-state index contributed by atoms with van der Waals surface area (Å²) in [7, 11) is 1.69. The van der Waals surface area contributed by atoms with Crippen LogP contribution >= 0.6 is 0 Å². The van der Waals surface area contributed by atoms with Gasteiger partial charge in [-0.05, 0) is 32.3 Å². The van der Waals surface area contributed by atoms with Crippen molar-refractivity contribution in [1.82, 2.24) is 24.9 Å². The van der Waals surface area contributed by atoms with E-state index in [1.54, 1.807) is 30.3 Å². The van der Waals surface area contributed by atoms with Gasteiger partial charge in [-0.2, -0.15) is 10.2 Å². The summed E-state index contributed by atoms with van der Waals surface area (Å²) in [6.07, 6.45) is 3.74. The van der Waals surface area contributed by atoms with E-state index in [-0.39, 0.29) is 23.6 Å². The summed E-state index contributed by atoms with van der Waals surface area (Å²) >= 11 is 0. The number of hydrogen-bond donors (Lipinski definition) is 3. The Morgan fingerprint density at radius 2 is 2.25 bits per heavy atom. The van der Waals surface area contributed by atoms with Crippen LogP contribution < -0.4 is 5.32 Å². The molecule has 3 N–H and O–H groups in total. The zero-order chi connectivity index (χ0) is 19.9. The number of nitrogens with one attached hydrogen (secondary N) is 2. The number of rotatable bonds is 5. The third-order valence-electron chi connectivity index (χ3n) is 5.80. The van der Waals surface area contributed by atoms with Crippen molar-refractivity contribution in [2.24, 2.45) is 7.05 Å². The Morgan fingerprint density at radius 3 is 2.86 bits per heavy atom. The van der Waals surface area contributed by atoms with Crippen molar-refractivity contribution >= 4 is 17.8 Å². The SMILES string of the molecule is Cn1nccc1C(=O)Nc1cc([C@@H]2C[C@H](N(C(=O)O)C3(C)CCC3)CO2)[nH]n1. The number of carboxylic acid groups (broad SMARTS) is 1. The van der Waals surface area contributed by atoms with Crippen LogP contribution in [-0.2, 0) is 11.8 Å². The van der Waals surface area contributed by atoms with E-state index >= 15 is 0 Å². The molecule has 1 aliphatic carbocycles. The molecule has 1 saturated carbocycles. The first-order chi connectivity index (χ1) is 13.4. The monoisotopic (exact) mass is 388 g/mol. The molecule has 0 aromatic carbocycles. The number of anilines is 1. The molecule has 28 heavy (non-hydrogen) atoms. The zero-order valence-electron chi connectivity index (χ0n) is 15.9. The zero-order valence-corrected chi connectivity index (χ0v) is 15.9. The van der Waals surface area contributed by atoms with Crippen LogP contribution in [0.4, 0.5) is 10.6 Å². The molecule has 10 nitrogen and oxygen atoms in total. The molecule has 2 aromatic rings. The molecule has 1 aliphatic heterocycles. The number of carbonyl (C=O) groups is 2. The third kappa shape index (κ3) is 3.24. The fourth-order valence-electron chi connectivity index (χ4n) is 4.11. The highest BCUT2D eigenvalue weighted by Crippen LogP contribution is 2.42. The molecular weight excluding hydrogens is 364 g/mol. The first-order valence-electron chi connectivity index (χ1n) is 9.36. The average Bonchev–Trinajstić information content (AvgIpc) is 3.34. The van der Waals surface area contributed by atoms with Gasteiger partial charge in [0, 0.05) is 31.3 Å². The number of nitrogens with zero attached hydrogens (tertiary/aromatic N) is 4. The van der Waals surface area contributed by atoms with Crippen LogP contribution in [0.3, 0.4) is 0 Å². The number of ether oxygens (including phenoxy) is 1. The van der Waals surface area contributed by atoms with Gasteiger partial charge in [0.15, 0.2) is 5.82 Å². The maximum atomic E-state index is 12.3. The van der Waals surface area contributed by atoms with Crippen molar-refractivity contribution < 1.29 is 19.4 Å². The number of amides is 2. The number of hydrogen-bond acceptors (Lipinski definition) is 5. The summed E-state index contributed by atoms with van der Waals surface area (Å²) in [6, 6.07) is 3.15. The van der Waals surface area contributed by atoms with Gasteiger partial charge < -0.3 is 15.2 Å². The molecular formula is C18H24N6O4. The lowest BCUT2D eigenvalue weighted by atomic mass is 9.76. The Labute approximate surface area is 161 Å². The van der Waals surface area contributed by atoms with E-state index in [1.807, 2.05) is 6.92 Å². The minimum Gasteiger partial charge on any atom is -0.465 e. The molecule has 0 bridgehead atoms. The average molecular weight is 388 g/mol. The second-order valence-corrected chi connectivity index (χ2v) is 7.72. The third-order valence-corrected chi connectivity index (χ3v) is 5.80. The van der Waals surface area contributed by atoms with Gasteiger partial charge in [0.25, 0.3) is 5.91 Å². The molecule has 2 aromatic heterocycles. The highest BCUT2D eigenvalue weighted by Gasteiger charge is 2.47. The highest BCUT2D eigenvalue weighted by molar-refractivity contribution is 6.02. The highest BCUT2D eigenvalue weighted by atomic mass is 16.5. The van der Waals surface area contributed by atoms with Crippen LogP contribution in [0.5, 0.6) is 0 Å². The number of aromatic amines is 1. The van der Waals surface area contributed by atoms with Crippen molar-refractivity contribution in [2.75, 3.05) is 11.9 Å². The Hall–Kier alpha value is -2.88. The van der Waals surface area contributed by atoms with Crippen molar-refractivity contribution in [3.05, 3.63) is 29.7 Å². The van der Waals surface area contributed by atoms with Gasteiger partial charge in [0.1, 0.15) is 11.8 Å². The maximum Gasteiger partial charge on any atom is 0.408 e. The lowest BCUT2D eigenvalue weighted by Gasteiger charge is -2.48. The molecule has 2 aliphatic rings. The van der Waals surface area contributed by atoms with E-state index in [4.69, 9.17) is 4.74 Å². The Kier molecular flexibility index (Phi) is 4.58. The van der Waals surface area contributed by atoms with Gasteiger partial charge in [-0.15, -0.1) is 0 Å². The lowest BCUT2D eigenvalue weighted by molar-refractivity contribution is 0.00378. The van der Waals surface area contributed by atoms with E-state index in [0.29, 0.717) is 30.2 Å².